The third-order valence-electron chi connectivity index (χ3n) is 5.08. The SMILES string of the molecule is O=C(c1ccc(C(=O)N2CCCCCC2)cc1O)c1cnc2ccc(F)cn12. The summed E-state index contributed by atoms with van der Waals surface area (Å²) in [5, 5.41) is 10.4. The third kappa shape index (κ3) is 3.35. The molecule has 1 aromatic carbocycles. The van der Waals surface area contributed by atoms with Crippen LogP contribution >= 0.6 is 0 Å². The zero-order chi connectivity index (χ0) is 19.7. The summed E-state index contributed by atoms with van der Waals surface area (Å²) in [6.07, 6.45) is 6.68. The van der Waals surface area contributed by atoms with Gasteiger partial charge in [-0.2, -0.15) is 0 Å². The van der Waals surface area contributed by atoms with E-state index in [1.54, 1.807) is 11.0 Å². The number of aromatic hydroxyl groups is 1. The van der Waals surface area contributed by atoms with E-state index in [0.717, 1.165) is 25.7 Å². The molecule has 1 N–H and O–H groups in total. The van der Waals surface area contributed by atoms with Crippen LogP contribution in [0.1, 0.15) is 52.1 Å². The Morgan fingerprint density at radius 2 is 1.79 bits per heavy atom. The first-order chi connectivity index (χ1) is 13.5. The van der Waals surface area contributed by atoms with Crippen LogP contribution in [0.3, 0.4) is 0 Å². The Morgan fingerprint density at radius 3 is 2.50 bits per heavy atom. The number of rotatable bonds is 3. The van der Waals surface area contributed by atoms with Gasteiger partial charge in [-0.1, -0.05) is 12.8 Å². The number of amides is 1. The van der Waals surface area contributed by atoms with Gasteiger partial charge in [-0.25, -0.2) is 9.37 Å². The predicted octanol–water partition coefficient (Wildman–Crippen LogP) is 3.43. The van der Waals surface area contributed by atoms with Crippen LogP contribution < -0.4 is 0 Å². The first-order valence-corrected chi connectivity index (χ1v) is 9.34. The molecule has 0 saturated carbocycles. The fraction of sp³-hybridized carbons (Fsp3) is 0.286. The lowest BCUT2D eigenvalue weighted by Crippen LogP contribution is -2.31. The number of aromatic nitrogens is 2. The number of phenols is 1. The van der Waals surface area contributed by atoms with Gasteiger partial charge in [-0.3, -0.25) is 14.0 Å². The number of carbonyl (C=O) groups is 2. The molecular weight excluding hydrogens is 361 g/mol. The van der Waals surface area contributed by atoms with Crippen molar-refractivity contribution < 1.29 is 19.1 Å². The minimum absolute atomic E-state index is 0.0403. The largest absolute Gasteiger partial charge is 0.507 e. The van der Waals surface area contributed by atoms with E-state index < -0.39 is 11.6 Å². The second-order valence-electron chi connectivity index (χ2n) is 6.99. The monoisotopic (exact) mass is 381 g/mol. The van der Waals surface area contributed by atoms with E-state index in [1.807, 2.05) is 0 Å². The summed E-state index contributed by atoms with van der Waals surface area (Å²) in [6.45, 7) is 1.40. The second-order valence-corrected chi connectivity index (χ2v) is 6.99. The number of halogens is 1. The first kappa shape index (κ1) is 18.2. The van der Waals surface area contributed by atoms with Crippen molar-refractivity contribution in [3.63, 3.8) is 0 Å². The van der Waals surface area contributed by atoms with Crippen molar-refractivity contribution in [3.05, 3.63) is 65.4 Å². The van der Waals surface area contributed by atoms with E-state index in [9.17, 15) is 19.1 Å². The summed E-state index contributed by atoms with van der Waals surface area (Å²) in [7, 11) is 0. The second kappa shape index (κ2) is 7.42. The molecule has 0 radical (unpaired) electrons. The number of likely N-dealkylation sites (tertiary alicyclic amines) is 1. The van der Waals surface area contributed by atoms with E-state index in [2.05, 4.69) is 4.98 Å². The smallest absolute Gasteiger partial charge is 0.253 e. The molecule has 2 aromatic heterocycles. The summed E-state index contributed by atoms with van der Waals surface area (Å²) in [5.41, 5.74) is 0.951. The Balaban J connectivity index is 1.62. The molecule has 0 spiro atoms. The van der Waals surface area contributed by atoms with Crippen LogP contribution in [0, 0.1) is 5.82 Å². The van der Waals surface area contributed by atoms with E-state index in [1.165, 1.54) is 41.1 Å². The molecule has 1 saturated heterocycles. The molecule has 6 nitrogen and oxygen atoms in total. The molecule has 0 atom stereocenters. The number of imidazole rings is 1. The molecule has 144 valence electrons. The predicted molar refractivity (Wildman–Crippen MR) is 101 cm³/mol. The zero-order valence-corrected chi connectivity index (χ0v) is 15.3. The van der Waals surface area contributed by atoms with Crippen molar-refractivity contribution in [2.75, 3.05) is 13.1 Å². The fourth-order valence-electron chi connectivity index (χ4n) is 3.57. The minimum atomic E-state index is -0.498. The molecular formula is C21H20FN3O3. The molecule has 0 aliphatic carbocycles. The van der Waals surface area contributed by atoms with Gasteiger partial charge < -0.3 is 10.0 Å². The Kier molecular flexibility index (Phi) is 4.81. The normalized spacial score (nSPS) is 14.8. The Labute approximate surface area is 161 Å². The minimum Gasteiger partial charge on any atom is -0.507 e. The average molecular weight is 381 g/mol. The molecule has 0 bridgehead atoms. The summed E-state index contributed by atoms with van der Waals surface area (Å²) >= 11 is 0. The van der Waals surface area contributed by atoms with E-state index >= 15 is 0 Å². The number of hydrogen-bond acceptors (Lipinski definition) is 4. The maximum absolute atomic E-state index is 13.5. The topological polar surface area (TPSA) is 74.9 Å². The van der Waals surface area contributed by atoms with Crippen LogP contribution in [0.15, 0.2) is 42.7 Å². The number of benzene rings is 1. The Morgan fingerprint density at radius 1 is 1.04 bits per heavy atom. The number of phenolic OH excluding ortho intramolecular Hbond substituents is 1. The highest BCUT2D eigenvalue weighted by molar-refractivity contribution is 6.10. The molecule has 3 heterocycles. The lowest BCUT2D eigenvalue weighted by Gasteiger charge is -2.20. The Hall–Kier alpha value is -3.22. The van der Waals surface area contributed by atoms with Gasteiger partial charge in [0.1, 0.15) is 22.9 Å². The molecule has 1 aliphatic heterocycles. The molecule has 0 unspecified atom stereocenters. The fourth-order valence-corrected chi connectivity index (χ4v) is 3.57. The van der Waals surface area contributed by atoms with Gasteiger partial charge in [0.25, 0.3) is 5.91 Å². The molecule has 1 aliphatic rings. The van der Waals surface area contributed by atoms with E-state index in [-0.39, 0.29) is 22.9 Å². The van der Waals surface area contributed by atoms with Crippen LogP contribution in [0.25, 0.3) is 5.65 Å². The number of nitrogens with zero attached hydrogens (tertiary/aromatic N) is 3. The van der Waals surface area contributed by atoms with E-state index in [4.69, 9.17) is 0 Å². The molecule has 1 fully saturated rings. The van der Waals surface area contributed by atoms with Gasteiger partial charge in [-0.15, -0.1) is 0 Å². The first-order valence-electron chi connectivity index (χ1n) is 9.34. The molecule has 3 aromatic rings. The molecule has 1 amide bonds. The van der Waals surface area contributed by atoms with Crippen LogP contribution in [-0.4, -0.2) is 44.2 Å². The van der Waals surface area contributed by atoms with Gasteiger partial charge in [-0.05, 0) is 43.2 Å². The van der Waals surface area contributed by atoms with Crippen LogP contribution in [0.2, 0.25) is 0 Å². The van der Waals surface area contributed by atoms with Gasteiger partial charge in [0, 0.05) is 24.8 Å². The van der Waals surface area contributed by atoms with Crippen molar-refractivity contribution in [2.45, 2.75) is 25.7 Å². The van der Waals surface area contributed by atoms with Gasteiger partial charge in [0.15, 0.2) is 0 Å². The highest BCUT2D eigenvalue weighted by atomic mass is 19.1. The summed E-state index contributed by atoms with van der Waals surface area (Å²) in [4.78, 5) is 31.4. The molecule has 28 heavy (non-hydrogen) atoms. The maximum Gasteiger partial charge on any atom is 0.253 e. The number of hydrogen-bond donors (Lipinski definition) is 1. The number of ketones is 1. The Bertz CT molecular complexity index is 1050. The summed E-state index contributed by atoms with van der Waals surface area (Å²) in [5.74, 6) is -1.42. The number of carbonyl (C=O) groups excluding carboxylic acids is 2. The van der Waals surface area contributed by atoms with Crippen LogP contribution in [0.4, 0.5) is 4.39 Å². The third-order valence-corrected chi connectivity index (χ3v) is 5.08. The van der Waals surface area contributed by atoms with Crippen LogP contribution in [-0.2, 0) is 0 Å². The van der Waals surface area contributed by atoms with E-state index in [0.29, 0.717) is 24.3 Å². The van der Waals surface area contributed by atoms with Gasteiger partial charge >= 0.3 is 0 Å². The number of pyridine rings is 1. The van der Waals surface area contributed by atoms with Crippen molar-refractivity contribution in [3.8, 4) is 5.75 Å². The standard InChI is InChI=1S/C21H20FN3O3/c22-15-6-8-19-23-12-17(25(19)13-15)20(27)16-7-5-14(11-18(16)26)21(28)24-9-3-1-2-4-10-24/h5-8,11-13,26H,1-4,9-10H2. The summed E-state index contributed by atoms with van der Waals surface area (Å²) < 4.78 is 14.9. The molecule has 7 heteroatoms. The average Bonchev–Trinajstić information content (AvgIpc) is 2.91. The van der Waals surface area contributed by atoms with Crippen molar-refractivity contribution in [2.24, 2.45) is 0 Å². The lowest BCUT2D eigenvalue weighted by atomic mass is 10.0. The molecule has 4 rings (SSSR count). The zero-order valence-electron chi connectivity index (χ0n) is 15.3. The van der Waals surface area contributed by atoms with Crippen molar-refractivity contribution in [1.82, 2.24) is 14.3 Å². The highest BCUT2D eigenvalue weighted by Crippen LogP contribution is 2.24. The summed E-state index contributed by atoms with van der Waals surface area (Å²) in [6, 6.07) is 7.03. The highest BCUT2D eigenvalue weighted by Gasteiger charge is 2.22. The van der Waals surface area contributed by atoms with Gasteiger partial charge in [0.05, 0.1) is 11.8 Å². The van der Waals surface area contributed by atoms with Crippen molar-refractivity contribution >= 4 is 17.3 Å². The van der Waals surface area contributed by atoms with Crippen molar-refractivity contribution in [1.29, 1.82) is 0 Å². The van der Waals surface area contributed by atoms with Crippen LogP contribution in [0.5, 0.6) is 5.75 Å². The maximum atomic E-state index is 13.5. The van der Waals surface area contributed by atoms with Gasteiger partial charge in [0.2, 0.25) is 5.78 Å². The lowest BCUT2D eigenvalue weighted by molar-refractivity contribution is 0.0760. The number of fused-ring (bicyclic) bond motifs is 1. The quantitative estimate of drug-likeness (QED) is 0.706.